The Morgan fingerprint density at radius 1 is 1.00 bits per heavy atom. The van der Waals surface area contributed by atoms with Crippen LogP contribution in [0.4, 0.5) is 5.69 Å². The molecule has 1 heterocycles. The minimum Gasteiger partial charge on any atom is -0.497 e. The van der Waals surface area contributed by atoms with E-state index in [1.54, 1.807) is 30.5 Å². The zero-order valence-electron chi connectivity index (χ0n) is 14.1. The molecular formula is C18H18N2O4S. The number of methoxy groups -OCH3 is 2. The summed E-state index contributed by atoms with van der Waals surface area (Å²) in [6.07, 6.45) is 1.65. The highest BCUT2D eigenvalue weighted by Crippen LogP contribution is 2.29. The molecule has 0 saturated carbocycles. The SMILES string of the molecule is COc1cc(NS(=O)(=O)c2cccc3cc(C)cnc23)cc(OC)c1. The fourth-order valence-electron chi connectivity index (χ4n) is 2.54. The van der Waals surface area contributed by atoms with Crippen LogP contribution in [-0.2, 0) is 10.0 Å². The molecule has 1 N–H and O–H groups in total. The first-order chi connectivity index (χ1) is 11.9. The largest absolute Gasteiger partial charge is 0.497 e. The van der Waals surface area contributed by atoms with Gasteiger partial charge in [-0.2, -0.15) is 0 Å². The fourth-order valence-corrected chi connectivity index (χ4v) is 3.76. The average Bonchev–Trinajstić information content (AvgIpc) is 2.60. The first-order valence-electron chi connectivity index (χ1n) is 7.54. The van der Waals surface area contributed by atoms with E-state index in [0.717, 1.165) is 10.9 Å². The molecule has 0 bridgehead atoms. The molecule has 0 aliphatic heterocycles. The van der Waals surface area contributed by atoms with E-state index < -0.39 is 10.0 Å². The Morgan fingerprint density at radius 3 is 2.32 bits per heavy atom. The maximum atomic E-state index is 12.9. The number of hydrogen-bond acceptors (Lipinski definition) is 5. The van der Waals surface area contributed by atoms with Crippen molar-refractivity contribution in [3.63, 3.8) is 0 Å². The highest BCUT2D eigenvalue weighted by molar-refractivity contribution is 7.93. The number of nitrogens with zero attached hydrogens (tertiary/aromatic N) is 1. The average molecular weight is 358 g/mol. The van der Waals surface area contributed by atoms with Crippen LogP contribution in [-0.4, -0.2) is 27.6 Å². The van der Waals surface area contributed by atoms with Crippen molar-refractivity contribution in [1.29, 1.82) is 0 Å². The minimum atomic E-state index is -3.83. The number of aromatic nitrogens is 1. The van der Waals surface area contributed by atoms with Crippen molar-refractivity contribution < 1.29 is 17.9 Å². The molecular weight excluding hydrogens is 340 g/mol. The number of pyridine rings is 1. The molecule has 0 radical (unpaired) electrons. The van der Waals surface area contributed by atoms with E-state index in [-0.39, 0.29) is 4.90 Å². The van der Waals surface area contributed by atoms with E-state index in [1.807, 2.05) is 19.1 Å². The Kier molecular flexibility index (Phi) is 4.50. The molecule has 0 fully saturated rings. The summed E-state index contributed by atoms with van der Waals surface area (Å²) in [5.41, 5.74) is 1.74. The second kappa shape index (κ2) is 6.60. The molecule has 2 aromatic carbocycles. The van der Waals surface area contributed by atoms with Crippen LogP contribution in [0, 0.1) is 6.92 Å². The topological polar surface area (TPSA) is 77.5 Å². The summed E-state index contributed by atoms with van der Waals surface area (Å²) in [7, 11) is -0.818. The molecule has 3 rings (SSSR count). The van der Waals surface area contributed by atoms with Crippen LogP contribution in [0.3, 0.4) is 0 Å². The Balaban J connectivity index is 2.06. The van der Waals surface area contributed by atoms with E-state index in [9.17, 15) is 8.42 Å². The maximum absolute atomic E-state index is 12.9. The van der Waals surface area contributed by atoms with Crippen LogP contribution in [0.5, 0.6) is 11.5 Å². The molecule has 130 valence electrons. The maximum Gasteiger partial charge on any atom is 0.264 e. The predicted molar refractivity (Wildman–Crippen MR) is 96.8 cm³/mol. The van der Waals surface area contributed by atoms with Crippen LogP contribution < -0.4 is 14.2 Å². The lowest BCUT2D eigenvalue weighted by atomic mass is 10.2. The molecule has 25 heavy (non-hydrogen) atoms. The number of nitrogens with one attached hydrogen (secondary N) is 1. The lowest BCUT2D eigenvalue weighted by Crippen LogP contribution is -2.14. The van der Waals surface area contributed by atoms with Gasteiger partial charge in [0.1, 0.15) is 16.4 Å². The normalized spacial score (nSPS) is 11.3. The van der Waals surface area contributed by atoms with Crippen molar-refractivity contribution in [3.05, 3.63) is 54.2 Å². The van der Waals surface area contributed by atoms with E-state index in [1.165, 1.54) is 20.3 Å². The number of sulfonamides is 1. The molecule has 6 nitrogen and oxygen atoms in total. The molecule has 0 aliphatic carbocycles. The monoisotopic (exact) mass is 358 g/mol. The molecule has 7 heteroatoms. The minimum absolute atomic E-state index is 0.117. The predicted octanol–water partition coefficient (Wildman–Crippen LogP) is 3.36. The highest BCUT2D eigenvalue weighted by atomic mass is 32.2. The van der Waals surface area contributed by atoms with Gasteiger partial charge in [-0.05, 0) is 24.6 Å². The zero-order chi connectivity index (χ0) is 18.0. The second-order valence-corrected chi connectivity index (χ2v) is 7.20. The van der Waals surface area contributed by atoms with Crippen LogP contribution in [0.1, 0.15) is 5.56 Å². The van der Waals surface area contributed by atoms with E-state index >= 15 is 0 Å². The van der Waals surface area contributed by atoms with Gasteiger partial charge >= 0.3 is 0 Å². The number of anilines is 1. The van der Waals surface area contributed by atoms with E-state index in [4.69, 9.17) is 9.47 Å². The Hall–Kier alpha value is -2.80. The fraction of sp³-hybridized carbons (Fsp3) is 0.167. The molecule has 0 spiro atoms. The Morgan fingerprint density at radius 2 is 1.68 bits per heavy atom. The van der Waals surface area contributed by atoms with Gasteiger partial charge in [-0.1, -0.05) is 12.1 Å². The molecule has 0 saturated heterocycles. The number of rotatable bonds is 5. The van der Waals surface area contributed by atoms with Gasteiger partial charge in [0.2, 0.25) is 0 Å². The summed E-state index contributed by atoms with van der Waals surface area (Å²) in [5.74, 6) is 0.979. The van der Waals surface area contributed by atoms with Crippen molar-refractivity contribution in [2.24, 2.45) is 0 Å². The molecule has 0 unspecified atom stereocenters. The zero-order valence-corrected chi connectivity index (χ0v) is 14.9. The van der Waals surface area contributed by atoms with Crippen molar-refractivity contribution in [1.82, 2.24) is 4.98 Å². The van der Waals surface area contributed by atoms with Crippen LogP contribution in [0.2, 0.25) is 0 Å². The molecule has 0 aliphatic rings. The van der Waals surface area contributed by atoms with Gasteiger partial charge in [-0.15, -0.1) is 0 Å². The van der Waals surface area contributed by atoms with Gasteiger partial charge < -0.3 is 9.47 Å². The lowest BCUT2D eigenvalue weighted by molar-refractivity contribution is 0.395. The second-order valence-electron chi connectivity index (χ2n) is 5.55. The lowest BCUT2D eigenvalue weighted by Gasteiger charge is -2.12. The standard InChI is InChI=1S/C18H18N2O4S/c1-12-7-13-5-4-6-17(18(13)19-11-12)25(21,22)20-14-8-15(23-2)10-16(9-14)24-3/h4-11,20H,1-3H3. The Bertz CT molecular complexity index is 1010. The summed E-state index contributed by atoms with van der Waals surface area (Å²) in [6.45, 7) is 1.91. The van der Waals surface area contributed by atoms with E-state index in [2.05, 4.69) is 9.71 Å². The summed E-state index contributed by atoms with van der Waals surface area (Å²) in [6, 6.07) is 11.8. The Labute approximate surface area is 146 Å². The van der Waals surface area contributed by atoms with Gasteiger partial charge in [0.05, 0.1) is 25.4 Å². The molecule has 1 aromatic heterocycles. The number of para-hydroxylation sites is 1. The third kappa shape index (κ3) is 3.51. The number of benzene rings is 2. The number of hydrogen-bond donors (Lipinski definition) is 1. The molecule has 0 amide bonds. The van der Waals surface area contributed by atoms with Crippen molar-refractivity contribution in [2.75, 3.05) is 18.9 Å². The number of fused-ring (bicyclic) bond motifs is 1. The van der Waals surface area contributed by atoms with Crippen LogP contribution >= 0.6 is 0 Å². The van der Waals surface area contributed by atoms with Crippen molar-refractivity contribution in [3.8, 4) is 11.5 Å². The number of aryl methyl sites for hydroxylation is 1. The van der Waals surface area contributed by atoms with Gasteiger partial charge in [-0.3, -0.25) is 9.71 Å². The third-order valence-electron chi connectivity index (χ3n) is 3.70. The number of ether oxygens (including phenoxy) is 2. The third-order valence-corrected chi connectivity index (χ3v) is 5.12. The van der Waals surface area contributed by atoms with Crippen LogP contribution in [0.25, 0.3) is 10.9 Å². The highest BCUT2D eigenvalue weighted by Gasteiger charge is 2.19. The molecule has 0 atom stereocenters. The first-order valence-corrected chi connectivity index (χ1v) is 9.02. The van der Waals surface area contributed by atoms with Gasteiger partial charge in [-0.25, -0.2) is 8.42 Å². The summed E-state index contributed by atoms with van der Waals surface area (Å²) >= 11 is 0. The van der Waals surface area contributed by atoms with Crippen molar-refractivity contribution in [2.45, 2.75) is 11.8 Å². The van der Waals surface area contributed by atoms with Gasteiger partial charge in [0.15, 0.2) is 0 Å². The first kappa shape index (κ1) is 17.0. The van der Waals surface area contributed by atoms with Gasteiger partial charge in [0.25, 0.3) is 10.0 Å². The quantitative estimate of drug-likeness (QED) is 0.757. The van der Waals surface area contributed by atoms with Gasteiger partial charge in [0, 0.05) is 29.8 Å². The smallest absolute Gasteiger partial charge is 0.264 e. The summed E-state index contributed by atoms with van der Waals surface area (Å²) in [5, 5.41) is 0.770. The van der Waals surface area contributed by atoms with E-state index in [0.29, 0.717) is 22.7 Å². The summed E-state index contributed by atoms with van der Waals surface area (Å²) < 4.78 is 38.6. The summed E-state index contributed by atoms with van der Waals surface area (Å²) in [4.78, 5) is 4.40. The molecule has 3 aromatic rings. The van der Waals surface area contributed by atoms with Crippen LogP contribution in [0.15, 0.2) is 53.6 Å². The van der Waals surface area contributed by atoms with Crippen molar-refractivity contribution >= 4 is 26.6 Å².